The Morgan fingerprint density at radius 3 is 2.94 bits per heavy atom. The van der Waals surface area contributed by atoms with Crippen LogP contribution in [-0.4, -0.2) is 11.1 Å². The van der Waals surface area contributed by atoms with E-state index in [4.69, 9.17) is 14.6 Å². The fourth-order valence-corrected chi connectivity index (χ4v) is 1.62. The molecule has 84 valence electrons. The Morgan fingerprint density at radius 2 is 2.25 bits per heavy atom. The summed E-state index contributed by atoms with van der Waals surface area (Å²) >= 11 is 0. The van der Waals surface area contributed by atoms with Gasteiger partial charge in [-0.05, 0) is 25.3 Å². The summed E-state index contributed by atoms with van der Waals surface area (Å²) in [6.45, 7) is 2.00. The predicted molar refractivity (Wildman–Crippen MR) is 57.0 cm³/mol. The first-order valence-electron chi connectivity index (χ1n) is 5.01. The van der Waals surface area contributed by atoms with Crippen molar-refractivity contribution in [2.75, 3.05) is 0 Å². The summed E-state index contributed by atoms with van der Waals surface area (Å²) in [7, 11) is 0. The maximum absolute atomic E-state index is 10.7. The predicted octanol–water partition coefficient (Wildman–Crippen LogP) is 2.47. The molecule has 1 heterocycles. The number of allylic oxidation sites excluding steroid dienone is 4. The van der Waals surface area contributed by atoms with E-state index in [2.05, 4.69) is 6.08 Å². The van der Waals surface area contributed by atoms with Crippen LogP contribution in [0.5, 0.6) is 0 Å². The Labute approximate surface area is 93.2 Å². The van der Waals surface area contributed by atoms with Crippen molar-refractivity contribution in [1.82, 2.24) is 0 Å². The number of carboxylic acid groups (broad SMARTS) is 1. The topological polar surface area (TPSA) is 55.8 Å². The van der Waals surface area contributed by atoms with Crippen LogP contribution in [0.4, 0.5) is 0 Å². The van der Waals surface area contributed by atoms with E-state index < -0.39 is 5.97 Å². The number of ether oxygens (including phenoxy) is 2. The lowest BCUT2D eigenvalue weighted by atomic mass is 9.99. The molecule has 0 aromatic carbocycles. The third-order valence-corrected chi connectivity index (χ3v) is 2.38. The van der Waals surface area contributed by atoms with Crippen molar-refractivity contribution < 1.29 is 19.4 Å². The highest BCUT2D eigenvalue weighted by Gasteiger charge is 2.19. The molecular formula is C12H12O4. The van der Waals surface area contributed by atoms with Crippen molar-refractivity contribution >= 4 is 5.97 Å². The van der Waals surface area contributed by atoms with Crippen LogP contribution in [0.3, 0.4) is 0 Å². The van der Waals surface area contributed by atoms with E-state index >= 15 is 0 Å². The Kier molecular flexibility index (Phi) is 2.81. The van der Waals surface area contributed by atoms with E-state index in [1.54, 1.807) is 0 Å². The summed E-state index contributed by atoms with van der Waals surface area (Å²) in [4.78, 5) is 10.7. The Bertz CT molecular complexity index is 438. The average molecular weight is 220 g/mol. The first-order chi connectivity index (χ1) is 7.66. The van der Waals surface area contributed by atoms with Gasteiger partial charge < -0.3 is 14.6 Å². The number of rotatable bonds is 2. The molecule has 1 aliphatic carbocycles. The van der Waals surface area contributed by atoms with Gasteiger partial charge in [0, 0.05) is 0 Å². The molecule has 2 rings (SSSR count). The van der Waals surface area contributed by atoms with Crippen molar-refractivity contribution in [3.05, 3.63) is 47.3 Å². The van der Waals surface area contributed by atoms with Crippen molar-refractivity contribution in [2.24, 2.45) is 0 Å². The summed E-state index contributed by atoms with van der Waals surface area (Å²) in [6.07, 6.45) is 8.38. The second-order valence-corrected chi connectivity index (χ2v) is 3.66. The second-order valence-electron chi connectivity index (χ2n) is 3.66. The number of hydrogen-bond acceptors (Lipinski definition) is 3. The van der Waals surface area contributed by atoms with E-state index in [0.29, 0.717) is 5.76 Å². The van der Waals surface area contributed by atoms with Crippen LogP contribution in [0.2, 0.25) is 0 Å². The van der Waals surface area contributed by atoms with Crippen LogP contribution in [0.15, 0.2) is 47.3 Å². The molecule has 2 aliphatic rings. The minimum absolute atomic E-state index is 0.189. The van der Waals surface area contributed by atoms with Crippen LogP contribution in [0.25, 0.3) is 0 Å². The molecule has 0 aromatic heterocycles. The third-order valence-electron chi connectivity index (χ3n) is 2.38. The van der Waals surface area contributed by atoms with Crippen LogP contribution in [0, 0.1) is 0 Å². The lowest BCUT2D eigenvalue weighted by Crippen LogP contribution is -2.10. The van der Waals surface area contributed by atoms with Crippen LogP contribution in [-0.2, 0) is 14.3 Å². The van der Waals surface area contributed by atoms with Gasteiger partial charge in [-0.25, -0.2) is 4.79 Å². The molecule has 0 aromatic rings. The first-order valence-corrected chi connectivity index (χ1v) is 5.01. The molecule has 4 heteroatoms. The summed E-state index contributed by atoms with van der Waals surface area (Å²) in [5, 5.41) is 8.78. The van der Waals surface area contributed by atoms with Gasteiger partial charge in [0.1, 0.15) is 12.5 Å². The van der Waals surface area contributed by atoms with E-state index in [-0.39, 0.29) is 5.76 Å². The maximum Gasteiger partial charge on any atom is 0.375 e. The minimum atomic E-state index is -1.13. The van der Waals surface area contributed by atoms with Gasteiger partial charge in [-0.1, -0.05) is 17.7 Å². The molecule has 0 spiro atoms. The van der Waals surface area contributed by atoms with Gasteiger partial charge in [-0.15, -0.1) is 0 Å². The summed E-state index contributed by atoms with van der Waals surface area (Å²) in [6, 6.07) is 0. The molecule has 0 radical (unpaired) electrons. The number of carboxylic acids is 1. The lowest BCUT2D eigenvalue weighted by molar-refractivity contribution is -0.136. The Balaban J connectivity index is 2.15. The summed E-state index contributed by atoms with van der Waals surface area (Å²) in [5.41, 5.74) is 2.11. The van der Waals surface area contributed by atoms with Crippen molar-refractivity contribution in [3.63, 3.8) is 0 Å². The van der Waals surface area contributed by atoms with Crippen molar-refractivity contribution in [3.8, 4) is 0 Å². The quantitative estimate of drug-likeness (QED) is 0.776. The van der Waals surface area contributed by atoms with Crippen LogP contribution >= 0.6 is 0 Å². The third kappa shape index (κ3) is 2.16. The number of carbonyl (C=O) groups is 1. The highest BCUT2D eigenvalue weighted by atomic mass is 16.6. The fraction of sp³-hybridized carbons (Fsp3) is 0.250. The van der Waals surface area contributed by atoms with Gasteiger partial charge >= 0.3 is 5.97 Å². The molecule has 0 atom stereocenters. The van der Waals surface area contributed by atoms with Crippen LogP contribution in [0.1, 0.15) is 19.8 Å². The van der Waals surface area contributed by atoms with Gasteiger partial charge in [0.05, 0.1) is 0 Å². The Hall–Kier alpha value is -1.97. The van der Waals surface area contributed by atoms with E-state index in [1.807, 2.05) is 13.0 Å². The van der Waals surface area contributed by atoms with Crippen molar-refractivity contribution in [2.45, 2.75) is 19.8 Å². The molecule has 16 heavy (non-hydrogen) atoms. The molecule has 0 saturated heterocycles. The van der Waals surface area contributed by atoms with Gasteiger partial charge in [0.15, 0.2) is 5.76 Å². The monoisotopic (exact) mass is 220 g/mol. The Morgan fingerprint density at radius 1 is 1.44 bits per heavy atom. The van der Waals surface area contributed by atoms with E-state index in [9.17, 15) is 4.79 Å². The average Bonchev–Trinajstić information content (AvgIpc) is 2.29. The molecular weight excluding hydrogens is 208 g/mol. The zero-order valence-corrected chi connectivity index (χ0v) is 8.90. The van der Waals surface area contributed by atoms with Crippen LogP contribution < -0.4 is 0 Å². The standard InChI is InChI=1S/C12H12O4/c1-8-3-2-4-9(5-8)10-6-15-7-11(16-10)12(13)14/h3,5-7H,2,4H2,1H3,(H,13,14). The number of aliphatic carboxylic acids is 1. The molecule has 0 amide bonds. The second kappa shape index (κ2) is 4.26. The van der Waals surface area contributed by atoms with E-state index in [1.165, 1.54) is 6.26 Å². The molecule has 0 bridgehead atoms. The van der Waals surface area contributed by atoms with Crippen molar-refractivity contribution in [1.29, 1.82) is 0 Å². The largest absolute Gasteiger partial charge is 0.475 e. The number of hydrogen-bond donors (Lipinski definition) is 1. The molecule has 0 saturated carbocycles. The zero-order valence-electron chi connectivity index (χ0n) is 8.90. The highest BCUT2D eigenvalue weighted by molar-refractivity contribution is 5.84. The first kappa shape index (κ1) is 10.5. The smallest absolute Gasteiger partial charge is 0.375 e. The molecule has 4 nitrogen and oxygen atoms in total. The summed E-state index contributed by atoms with van der Waals surface area (Å²) < 4.78 is 10.2. The van der Waals surface area contributed by atoms with E-state index in [0.717, 1.165) is 30.2 Å². The highest BCUT2D eigenvalue weighted by Crippen LogP contribution is 2.27. The van der Waals surface area contributed by atoms with Gasteiger partial charge in [0.25, 0.3) is 0 Å². The maximum atomic E-state index is 10.7. The minimum Gasteiger partial charge on any atom is -0.475 e. The van der Waals surface area contributed by atoms with Gasteiger partial charge in [-0.2, -0.15) is 0 Å². The fourth-order valence-electron chi connectivity index (χ4n) is 1.62. The summed E-state index contributed by atoms with van der Waals surface area (Å²) in [5.74, 6) is -0.841. The molecule has 1 aliphatic heterocycles. The SMILES string of the molecule is CC1=CCCC(C2=COC=C(C(=O)O)O2)=C1. The normalized spacial score (nSPS) is 19.6. The molecule has 0 unspecified atom stereocenters. The lowest BCUT2D eigenvalue weighted by Gasteiger charge is -2.18. The zero-order chi connectivity index (χ0) is 11.5. The molecule has 1 N–H and O–H groups in total. The van der Waals surface area contributed by atoms with Gasteiger partial charge in [-0.3, -0.25) is 0 Å². The van der Waals surface area contributed by atoms with Gasteiger partial charge in [0.2, 0.25) is 5.76 Å². The molecule has 0 fully saturated rings.